The predicted molar refractivity (Wildman–Crippen MR) is 93.7 cm³/mol. The van der Waals surface area contributed by atoms with Gasteiger partial charge < -0.3 is 5.32 Å². The molecule has 2 aromatic carbocycles. The fourth-order valence-electron chi connectivity index (χ4n) is 2.50. The summed E-state index contributed by atoms with van der Waals surface area (Å²) in [7, 11) is 0. The van der Waals surface area contributed by atoms with Gasteiger partial charge in [-0.3, -0.25) is 4.79 Å². The van der Waals surface area contributed by atoms with E-state index in [0.29, 0.717) is 6.29 Å². The maximum absolute atomic E-state index is 13.5. The lowest BCUT2D eigenvalue weighted by molar-refractivity contribution is 0.112. The molecule has 0 aliphatic carbocycles. The molecule has 4 nitrogen and oxygen atoms in total. The van der Waals surface area contributed by atoms with Gasteiger partial charge in [-0.1, -0.05) is 12.1 Å². The molecule has 3 rings (SSSR count). The van der Waals surface area contributed by atoms with E-state index in [1.807, 2.05) is 18.2 Å². The summed E-state index contributed by atoms with van der Waals surface area (Å²) in [4.78, 5) is 19.6. The first-order chi connectivity index (χ1) is 11.4. The van der Waals surface area contributed by atoms with Gasteiger partial charge in [-0.15, -0.1) is 0 Å². The topological polar surface area (TPSA) is 54.9 Å². The number of hydrogen-bond donors (Lipinski definition) is 1. The van der Waals surface area contributed by atoms with Crippen LogP contribution < -0.4 is 5.32 Å². The molecule has 1 aromatic heterocycles. The van der Waals surface area contributed by atoms with Crippen molar-refractivity contribution in [2.24, 2.45) is 0 Å². The molecule has 0 saturated heterocycles. The van der Waals surface area contributed by atoms with Gasteiger partial charge in [0.15, 0.2) is 6.29 Å². The summed E-state index contributed by atoms with van der Waals surface area (Å²) in [6.07, 6.45) is 2.05. The molecule has 0 spiro atoms. The van der Waals surface area contributed by atoms with Gasteiger partial charge in [0.1, 0.15) is 18.0 Å². The van der Waals surface area contributed by atoms with Crippen LogP contribution in [-0.2, 0) is 0 Å². The van der Waals surface area contributed by atoms with Crippen LogP contribution in [0.25, 0.3) is 22.0 Å². The number of anilines is 1. The van der Waals surface area contributed by atoms with Gasteiger partial charge in [-0.05, 0) is 56.2 Å². The van der Waals surface area contributed by atoms with Crippen molar-refractivity contribution in [2.75, 3.05) is 5.32 Å². The van der Waals surface area contributed by atoms with Crippen molar-refractivity contribution >= 4 is 23.0 Å². The molecule has 0 aliphatic heterocycles. The highest BCUT2D eigenvalue weighted by Gasteiger charge is 2.14. The summed E-state index contributed by atoms with van der Waals surface area (Å²) in [5.41, 5.74) is 2.36. The SMILES string of the molecule is CC(C)(C)Nc1ncnc2ccc(-c3ccc(F)c(C=O)c3)cc12. The number of carbonyl (C=O) groups excluding carboxylic acids is 1. The predicted octanol–water partition coefficient (Wildman–Crippen LogP) is 4.46. The zero-order valence-corrected chi connectivity index (χ0v) is 13.8. The third-order valence-electron chi connectivity index (χ3n) is 3.59. The number of benzene rings is 2. The van der Waals surface area contributed by atoms with Crippen LogP contribution in [0.1, 0.15) is 31.1 Å². The molecule has 3 aromatic rings. The molecule has 5 heteroatoms. The Morgan fingerprint density at radius 1 is 1.04 bits per heavy atom. The molecule has 24 heavy (non-hydrogen) atoms. The van der Waals surface area contributed by atoms with Crippen LogP contribution in [0.5, 0.6) is 0 Å². The highest BCUT2D eigenvalue weighted by atomic mass is 19.1. The van der Waals surface area contributed by atoms with Crippen LogP contribution in [0.2, 0.25) is 0 Å². The fraction of sp³-hybridized carbons (Fsp3) is 0.211. The van der Waals surface area contributed by atoms with Gasteiger partial charge in [0.2, 0.25) is 0 Å². The van der Waals surface area contributed by atoms with Crippen LogP contribution in [0.15, 0.2) is 42.7 Å². The van der Waals surface area contributed by atoms with Gasteiger partial charge in [-0.2, -0.15) is 0 Å². The summed E-state index contributed by atoms with van der Waals surface area (Å²) in [5, 5.41) is 4.24. The molecular weight excluding hydrogens is 305 g/mol. The number of aldehydes is 1. The largest absolute Gasteiger partial charge is 0.365 e. The minimum absolute atomic E-state index is 0.0462. The van der Waals surface area contributed by atoms with Crippen molar-refractivity contribution < 1.29 is 9.18 Å². The van der Waals surface area contributed by atoms with Gasteiger partial charge in [0, 0.05) is 10.9 Å². The van der Waals surface area contributed by atoms with Crippen molar-refractivity contribution in [1.82, 2.24) is 9.97 Å². The maximum Gasteiger partial charge on any atom is 0.153 e. The summed E-state index contributed by atoms with van der Waals surface area (Å²) >= 11 is 0. The van der Waals surface area contributed by atoms with Crippen LogP contribution in [-0.4, -0.2) is 21.8 Å². The van der Waals surface area contributed by atoms with Crippen LogP contribution in [0.4, 0.5) is 10.2 Å². The van der Waals surface area contributed by atoms with E-state index in [4.69, 9.17) is 0 Å². The van der Waals surface area contributed by atoms with Crippen molar-refractivity contribution in [3.8, 4) is 11.1 Å². The molecular formula is C19H18FN3O. The van der Waals surface area contributed by atoms with E-state index < -0.39 is 5.82 Å². The number of nitrogens with zero attached hydrogens (tertiary/aromatic N) is 2. The number of rotatable bonds is 3. The first-order valence-electron chi connectivity index (χ1n) is 7.65. The molecule has 0 aliphatic rings. The summed E-state index contributed by atoms with van der Waals surface area (Å²) in [5.74, 6) is 0.222. The van der Waals surface area contributed by atoms with Crippen molar-refractivity contribution in [3.05, 3.63) is 54.1 Å². The lowest BCUT2D eigenvalue weighted by Gasteiger charge is -2.22. The van der Waals surface area contributed by atoms with E-state index in [9.17, 15) is 9.18 Å². The van der Waals surface area contributed by atoms with E-state index in [-0.39, 0.29) is 11.1 Å². The Morgan fingerprint density at radius 2 is 1.75 bits per heavy atom. The Labute approximate surface area is 139 Å². The first kappa shape index (κ1) is 16.1. The van der Waals surface area contributed by atoms with Crippen LogP contribution >= 0.6 is 0 Å². The molecule has 0 saturated carbocycles. The van der Waals surface area contributed by atoms with E-state index in [2.05, 4.69) is 36.1 Å². The van der Waals surface area contributed by atoms with Gasteiger partial charge in [-0.25, -0.2) is 14.4 Å². The van der Waals surface area contributed by atoms with Crippen molar-refractivity contribution in [2.45, 2.75) is 26.3 Å². The minimum Gasteiger partial charge on any atom is -0.365 e. The quantitative estimate of drug-likeness (QED) is 0.723. The monoisotopic (exact) mass is 323 g/mol. The number of halogens is 1. The summed E-state index contributed by atoms with van der Waals surface area (Å²) in [6.45, 7) is 6.17. The summed E-state index contributed by atoms with van der Waals surface area (Å²) < 4.78 is 13.5. The third-order valence-corrected chi connectivity index (χ3v) is 3.59. The number of nitrogens with one attached hydrogen (secondary N) is 1. The second-order valence-electron chi connectivity index (χ2n) is 6.68. The lowest BCUT2D eigenvalue weighted by atomic mass is 10.0. The Balaban J connectivity index is 2.14. The standard InChI is InChI=1S/C19H18FN3O/c1-19(2,3)23-18-15-9-13(5-7-17(15)21-11-22-18)12-4-6-16(20)14(8-12)10-24/h4-11H,1-3H3,(H,21,22,23). The second kappa shape index (κ2) is 6.00. The molecule has 1 N–H and O–H groups in total. The van der Waals surface area contributed by atoms with E-state index >= 15 is 0 Å². The molecule has 122 valence electrons. The normalized spacial score (nSPS) is 11.5. The van der Waals surface area contributed by atoms with Crippen molar-refractivity contribution in [3.63, 3.8) is 0 Å². The highest BCUT2D eigenvalue weighted by Crippen LogP contribution is 2.29. The molecule has 0 radical (unpaired) electrons. The zero-order valence-electron chi connectivity index (χ0n) is 13.8. The van der Waals surface area contributed by atoms with Crippen LogP contribution in [0.3, 0.4) is 0 Å². The number of fused-ring (bicyclic) bond motifs is 1. The Hall–Kier alpha value is -2.82. The highest BCUT2D eigenvalue weighted by molar-refractivity contribution is 5.93. The van der Waals surface area contributed by atoms with Gasteiger partial charge in [0.05, 0.1) is 11.1 Å². The Morgan fingerprint density at radius 3 is 2.46 bits per heavy atom. The minimum atomic E-state index is -0.520. The third kappa shape index (κ3) is 3.25. The molecule has 0 fully saturated rings. The van der Waals surface area contributed by atoms with Gasteiger partial charge in [0.25, 0.3) is 0 Å². The first-order valence-corrected chi connectivity index (χ1v) is 7.65. The van der Waals surface area contributed by atoms with E-state index in [1.54, 1.807) is 12.1 Å². The second-order valence-corrected chi connectivity index (χ2v) is 6.68. The molecule has 1 heterocycles. The molecule has 0 bridgehead atoms. The Kier molecular flexibility index (Phi) is 4.01. The number of aromatic nitrogens is 2. The zero-order chi connectivity index (χ0) is 17.3. The number of hydrogen-bond acceptors (Lipinski definition) is 4. The van der Waals surface area contributed by atoms with E-state index in [0.717, 1.165) is 27.8 Å². The van der Waals surface area contributed by atoms with Crippen molar-refractivity contribution in [1.29, 1.82) is 0 Å². The van der Waals surface area contributed by atoms with E-state index in [1.165, 1.54) is 12.4 Å². The molecule has 0 amide bonds. The molecule has 0 unspecified atom stereocenters. The number of carbonyl (C=O) groups is 1. The smallest absolute Gasteiger partial charge is 0.153 e. The lowest BCUT2D eigenvalue weighted by Crippen LogP contribution is -2.26. The average molecular weight is 323 g/mol. The fourth-order valence-corrected chi connectivity index (χ4v) is 2.50. The maximum atomic E-state index is 13.5. The van der Waals surface area contributed by atoms with Crippen LogP contribution in [0, 0.1) is 5.82 Å². The molecule has 0 atom stereocenters. The van der Waals surface area contributed by atoms with Gasteiger partial charge >= 0.3 is 0 Å². The summed E-state index contributed by atoms with van der Waals surface area (Å²) in [6, 6.07) is 10.3. The Bertz CT molecular complexity index is 916. The average Bonchev–Trinajstić information content (AvgIpc) is 2.54.